The zero-order chi connectivity index (χ0) is 27.8. The summed E-state index contributed by atoms with van der Waals surface area (Å²) in [5, 5.41) is 22.1. The fraction of sp³-hybridized carbons (Fsp3) is 0.727. The summed E-state index contributed by atoms with van der Waals surface area (Å²) in [7, 11) is 0. The summed E-state index contributed by atoms with van der Waals surface area (Å²) >= 11 is 0. The second kappa shape index (κ2) is 17.1. The maximum atomic E-state index is 12.8. The first-order valence-electron chi connectivity index (χ1n) is 12.4. The number of rotatable bonds is 17. The Morgan fingerprint density at radius 3 is 2.27 bits per heavy atom. The summed E-state index contributed by atoms with van der Waals surface area (Å²) in [5.41, 5.74) is 16.1. The lowest BCUT2D eigenvalue weighted by molar-refractivity contribution is -0.141. The topological polar surface area (TPSA) is 256 Å². The largest absolute Gasteiger partial charge is 0.480 e. The first-order chi connectivity index (χ1) is 17.5. The molecule has 12 N–H and O–H groups in total. The summed E-state index contributed by atoms with van der Waals surface area (Å²) in [4.78, 5) is 65.2. The van der Waals surface area contributed by atoms with Crippen molar-refractivity contribution < 1.29 is 29.1 Å². The lowest BCUT2D eigenvalue weighted by Gasteiger charge is -2.22. The fourth-order valence-corrected chi connectivity index (χ4v) is 3.63. The molecule has 0 bridgehead atoms. The van der Waals surface area contributed by atoms with E-state index in [2.05, 4.69) is 31.6 Å². The number of amides is 4. The SMILES string of the molecule is C[C@H](NC(=O)[C@H](CCCCN)NC(=O)CNC(=O)[C@H](CCCN=C(N)N)NC(=O)[C@@H]1CCCN1)C(=O)O. The normalized spacial score (nSPS) is 17.1. The van der Waals surface area contributed by atoms with Crippen molar-refractivity contribution in [2.45, 2.75) is 76.0 Å². The van der Waals surface area contributed by atoms with E-state index in [-0.39, 0.29) is 31.3 Å². The highest BCUT2D eigenvalue weighted by atomic mass is 16.4. The van der Waals surface area contributed by atoms with Crippen LogP contribution in [0.1, 0.15) is 51.9 Å². The number of carbonyl (C=O) groups is 5. The Labute approximate surface area is 216 Å². The van der Waals surface area contributed by atoms with Gasteiger partial charge in [0.15, 0.2) is 5.96 Å². The van der Waals surface area contributed by atoms with E-state index in [0.717, 1.165) is 6.42 Å². The van der Waals surface area contributed by atoms with E-state index >= 15 is 0 Å². The minimum Gasteiger partial charge on any atom is -0.480 e. The Hall–Kier alpha value is -3.46. The molecule has 1 aliphatic rings. The van der Waals surface area contributed by atoms with Gasteiger partial charge in [0.1, 0.15) is 18.1 Å². The molecule has 0 aromatic heterocycles. The van der Waals surface area contributed by atoms with Crippen molar-refractivity contribution in [3.63, 3.8) is 0 Å². The minimum absolute atomic E-state index is 0.0836. The number of aliphatic carboxylic acids is 1. The molecule has 4 amide bonds. The minimum atomic E-state index is -1.21. The average Bonchev–Trinajstić information content (AvgIpc) is 3.38. The summed E-state index contributed by atoms with van der Waals surface area (Å²) in [5.74, 6) is -3.48. The van der Waals surface area contributed by atoms with Gasteiger partial charge in [-0.1, -0.05) is 0 Å². The first kappa shape index (κ1) is 31.6. The standard InChI is InChI=1S/C22H41N9O6/c1-13(21(36)37)29-20(35)16(6-2-3-9-23)30-17(32)12-28-18(33)15(8-5-11-27-22(24)25)31-19(34)14-7-4-10-26-14/h13-16,26H,2-12,23H2,1H3,(H,28,33)(H,29,35)(H,30,32)(H,31,34)(H,36,37)(H4,24,25,27)/t13-,14-,15-,16-/m0/s1. The molecule has 0 radical (unpaired) electrons. The number of nitrogens with zero attached hydrogens (tertiary/aromatic N) is 1. The number of carbonyl (C=O) groups excluding carboxylic acids is 4. The molecule has 0 saturated carbocycles. The third-order valence-electron chi connectivity index (χ3n) is 5.71. The van der Waals surface area contributed by atoms with Crippen molar-refractivity contribution in [2.75, 3.05) is 26.2 Å². The number of nitrogens with one attached hydrogen (secondary N) is 5. The zero-order valence-electron chi connectivity index (χ0n) is 21.3. The number of carboxylic acid groups (broad SMARTS) is 1. The van der Waals surface area contributed by atoms with Crippen LogP contribution >= 0.6 is 0 Å². The van der Waals surface area contributed by atoms with Crippen molar-refractivity contribution in [1.29, 1.82) is 0 Å². The highest BCUT2D eigenvalue weighted by Gasteiger charge is 2.28. The molecule has 37 heavy (non-hydrogen) atoms. The number of hydrogen-bond acceptors (Lipinski definition) is 8. The summed E-state index contributed by atoms with van der Waals surface area (Å²) in [6.07, 6.45) is 3.54. The van der Waals surface area contributed by atoms with Crippen LogP contribution in [0, 0.1) is 0 Å². The first-order valence-corrected chi connectivity index (χ1v) is 12.4. The molecule has 1 saturated heterocycles. The van der Waals surface area contributed by atoms with Gasteiger partial charge in [0.05, 0.1) is 12.6 Å². The molecule has 4 atom stereocenters. The maximum Gasteiger partial charge on any atom is 0.325 e. The van der Waals surface area contributed by atoms with Crippen LogP contribution in [0.3, 0.4) is 0 Å². The van der Waals surface area contributed by atoms with Gasteiger partial charge in [-0.15, -0.1) is 0 Å². The molecule has 0 aromatic carbocycles. The van der Waals surface area contributed by atoms with E-state index in [9.17, 15) is 24.0 Å². The van der Waals surface area contributed by atoms with Gasteiger partial charge in [0.2, 0.25) is 23.6 Å². The molecule has 15 heteroatoms. The van der Waals surface area contributed by atoms with E-state index < -0.39 is 54.4 Å². The van der Waals surface area contributed by atoms with Crippen molar-refractivity contribution in [2.24, 2.45) is 22.2 Å². The number of aliphatic imine (C=N–C) groups is 1. The summed E-state index contributed by atoms with van der Waals surface area (Å²) in [6.45, 7) is 2.23. The molecule has 0 unspecified atom stereocenters. The van der Waals surface area contributed by atoms with Gasteiger partial charge in [-0.25, -0.2) is 0 Å². The number of carboxylic acids is 1. The van der Waals surface area contributed by atoms with Gasteiger partial charge in [-0.05, 0) is 65.0 Å². The molecule has 1 aliphatic heterocycles. The van der Waals surface area contributed by atoms with Gasteiger partial charge < -0.3 is 48.9 Å². The number of unbranched alkanes of at least 4 members (excludes halogenated alkanes) is 1. The van der Waals surface area contributed by atoms with E-state index in [1.807, 2.05) is 0 Å². The van der Waals surface area contributed by atoms with E-state index in [1.165, 1.54) is 6.92 Å². The predicted molar refractivity (Wildman–Crippen MR) is 136 cm³/mol. The van der Waals surface area contributed by atoms with Gasteiger partial charge in [-0.2, -0.15) is 0 Å². The van der Waals surface area contributed by atoms with E-state index in [1.54, 1.807) is 0 Å². The third kappa shape index (κ3) is 12.9. The third-order valence-corrected chi connectivity index (χ3v) is 5.71. The van der Waals surface area contributed by atoms with Crippen LogP contribution in [0.15, 0.2) is 4.99 Å². The lowest BCUT2D eigenvalue weighted by Crippen LogP contribution is -2.54. The Kier molecular flexibility index (Phi) is 14.6. The predicted octanol–water partition coefficient (Wildman–Crippen LogP) is -3.40. The van der Waals surface area contributed by atoms with Gasteiger partial charge >= 0.3 is 5.97 Å². The van der Waals surface area contributed by atoms with Crippen LogP contribution in [0.4, 0.5) is 0 Å². The Bertz CT molecular complexity index is 812. The smallest absolute Gasteiger partial charge is 0.325 e. The second-order valence-corrected chi connectivity index (χ2v) is 8.85. The molecule has 0 spiro atoms. The van der Waals surface area contributed by atoms with E-state index in [4.69, 9.17) is 22.3 Å². The van der Waals surface area contributed by atoms with Crippen LogP contribution in [0.5, 0.6) is 0 Å². The molecule has 1 fully saturated rings. The van der Waals surface area contributed by atoms with Crippen molar-refractivity contribution in [3.8, 4) is 0 Å². The van der Waals surface area contributed by atoms with Gasteiger partial charge in [-0.3, -0.25) is 29.0 Å². The van der Waals surface area contributed by atoms with Crippen molar-refractivity contribution in [3.05, 3.63) is 0 Å². The molecule has 0 aromatic rings. The fourth-order valence-electron chi connectivity index (χ4n) is 3.63. The molecular formula is C22H41N9O6. The highest BCUT2D eigenvalue weighted by Crippen LogP contribution is 2.07. The lowest BCUT2D eigenvalue weighted by atomic mass is 10.1. The molecular weight excluding hydrogens is 486 g/mol. The summed E-state index contributed by atoms with van der Waals surface area (Å²) < 4.78 is 0. The van der Waals surface area contributed by atoms with Crippen LogP contribution in [0.2, 0.25) is 0 Å². The van der Waals surface area contributed by atoms with Crippen LogP contribution in [-0.2, 0) is 24.0 Å². The van der Waals surface area contributed by atoms with Gasteiger partial charge in [0, 0.05) is 6.54 Å². The van der Waals surface area contributed by atoms with E-state index in [0.29, 0.717) is 38.8 Å². The molecule has 15 nitrogen and oxygen atoms in total. The number of nitrogens with two attached hydrogens (primary N) is 3. The van der Waals surface area contributed by atoms with Gasteiger partial charge in [0.25, 0.3) is 0 Å². The van der Waals surface area contributed by atoms with Crippen LogP contribution in [0.25, 0.3) is 0 Å². The van der Waals surface area contributed by atoms with Crippen molar-refractivity contribution in [1.82, 2.24) is 26.6 Å². The van der Waals surface area contributed by atoms with Crippen LogP contribution in [-0.4, -0.2) is 91.0 Å². The molecule has 1 heterocycles. The van der Waals surface area contributed by atoms with Crippen molar-refractivity contribution >= 4 is 35.6 Å². The Morgan fingerprint density at radius 2 is 1.68 bits per heavy atom. The second-order valence-electron chi connectivity index (χ2n) is 8.85. The quantitative estimate of drug-likeness (QED) is 0.0514. The highest BCUT2D eigenvalue weighted by molar-refractivity contribution is 5.94. The molecule has 1 rings (SSSR count). The zero-order valence-corrected chi connectivity index (χ0v) is 21.3. The van der Waals surface area contributed by atoms with Crippen LogP contribution < -0.4 is 43.8 Å². The number of guanidine groups is 1. The maximum absolute atomic E-state index is 12.8. The monoisotopic (exact) mass is 527 g/mol. The Balaban J connectivity index is 2.72. The summed E-state index contributed by atoms with van der Waals surface area (Å²) in [6, 6.07) is -3.45. The Morgan fingerprint density at radius 1 is 1.00 bits per heavy atom. The average molecular weight is 528 g/mol. The number of hydrogen-bond donors (Lipinski definition) is 9. The molecule has 0 aliphatic carbocycles. The molecule has 210 valence electrons.